The minimum atomic E-state index is 0. The van der Waals surface area contributed by atoms with Gasteiger partial charge in [0, 0.05) is 22.6 Å². The lowest BCUT2D eigenvalue weighted by Gasteiger charge is -2.03. The molecule has 4 rings (SSSR count). The van der Waals surface area contributed by atoms with E-state index in [4.69, 9.17) is 11.6 Å². The van der Waals surface area contributed by atoms with E-state index in [1.165, 1.54) is 30.8 Å². The number of hydrogen-bond acceptors (Lipinski definition) is 1. The molecular weight excluding hydrogens is 424 g/mol. The molecule has 0 atom stereocenters. The number of hydrogen-bond donors (Lipinski definition) is 0. The number of benzene rings is 2. The van der Waals surface area contributed by atoms with Crippen molar-refractivity contribution in [2.75, 3.05) is 0 Å². The molecule has 0 radical (unpaired) electrons. The van der Waals surface area contributed by atoms with Crippen molar-refractivity contribution in [1.29, 1.82) is 0 Å². The zero-order valence-electron chi connectivity index (χ0n) is 15.1. The number of halogens is 2. The van der Waals surface area contributed by atoms with Crippen molar-refractivity contribution in [3.63, 3.8) is 0 Å². The van der Waals surface area contributed by atoms with E-state index in [0.717, 1.165) is 29.1 Å². The summed E-state index contributed by atoms with van der Waals surface area (Å²) < 4.78 is 4.53. The predicted octanol–water partition coefficient (Wildman–Crippen LogP) is 1.71. The molecule has 0 saturated carbocycles. The van der Waals surface area contributed by atoms with Crippen molar-refractivity contribution in [2.24, 2.45) is 0 Å². The molecule has 0 N–H and O–H groups in total. The maximum absolute atomic E-state index is 12.7. The van der Waals surface area contributed by atoms with Crippen LogP contribution in [0.2, 0.25) is 5.02 Å². The summed E-state index contributed by atoms with van der Waals surface area (Å²) in [6, 6.07) is 17.5. The molecule has 140 valence electrons. The number of fused-ring (bicyclic) bond motifs is 1. The average molecular weight is 446 g/mol. The number of ketones is 1. The third-order valence-corrected chi connectivity index (χ3v) is 5.30. The first-order chi connectivity index (χ1) is 12.7. The van der Waals surface area contributed by atoms with E-state index in [-0.39, 0.29) is 22.8 Å². The summed E-state index contributed by atoms with van der Waals surface area (Å²) in [5.41, 5.74) is 3.07. The van der Waals surface area contributed by atoms with Crippen LogP contribution in [0.4, 0.5) is 0 Å². The number of aromatic nitrogens is 2. The lowest BCUT2D eigenvalue weighted by atomic mass is 10.1. The number of carbonyl (C=O) groups is 1. The second-order valence-electron chi connectivity index (χ2n) is 6.82. The third-order valence-electron chi connectivity index (χ3n) is 5.04. The Morgan fingerprint density at radius 1 is 1.00 bits per heavy atom. The Labute approximate surface area is 175 Å². The van der Waals surface area contributed by atoms with Gasteiger partial charge in [-0.05, 0) is 43.5 Å². The maximum Gasteiger partial charge on any atom is 0.257 e. The minimum Gasteiger partial charge on any atom is -1.00 e. The van der Waals surface area contributed by atoms with E-state index >= 15 is 0 Å². The zero-order chi connectivity index (χ0) is 17.9. The minimum absolute atomic E-state index is 0. The summed E-state index contributed by atoms with van der Waals surface area (Å²) in [6.45, 7) is 1.38. The van der Waals surface area contributed by atoms with Crippen LogP contribution >= 0.6 is 11.6 Å². The van der Waals surface area contributed by atoms with Crippen LogP contribution in [0.1, 0.15) is 35.4 Å². The fourth-order valence-electron chi connectivity index (χ4n) is 3.70. The molecule has 0 spiro atoms. The van der Waals surface area contributed by atoms with Crippen LogP contribution in [0.5, 0.6) is 0 Å². The Morgan fingerprint density at radius 2 is 1.74 bits per heavy atom. The van der Waals surface area contributed by atoms with Crippen LogP contribution < -0.4 is 21.5 Å². The standard InChI is InChI=1S/C22H22ClN2O.BrH/c23-19-12-10-17(11-13-19)20-15-24(22-9-5-2-6-14-25(20)22)16-21(26)18-7-3-1-4-8-18;/h1,3-4,7-8,10-13,15H,2,5-6,9,14,16H2;1H/q+1;/p-1. The summed E-state index contributed by atoms with van der Waals surface area (Å²) in [7, 11) is 0. The highest BCUT2D eigenvalue weighted by Gasteiger charge is 2.27. The molecule has 1 aliphatic rings. The quantitative estimate of drug-likeness (QED) is 0.443. The van der Waals surface area contributed by atoms with Crippen molar-refractivity contribution < 1.29 is 26.3 Å². The number of imidazole rings is 1. The summed E-state index contributed by atoms with van der Waals surface area (Å²) in [4.78, 5) is 12.7. The van der Waals surface area contributed by atoms with E-state index < -0.39 is 0 Å². The Bertz CT molecular complexity index is 919. The van der Waals surface area contributed by atoms with Gasteiger partial charge in [0.05, 0.1) is 6.54 Å². The largest absolute Gasteiger partial charge is 1.00 e. The molecule has 0 unspecified atom stereocenters. The van der Waals surface area contributed by atoms with Crippen molar-refractivity contribution >= 4 is 17.4 Å². The molecule has 1 aromatic heterocycles. The van der Waals surface area contributed by atoms with Gasteiger partial charge in [0.25, 0.3) is 5.82 Å². The van der Waals surface area contributed by atoms with E-state index in [2.05, 4.69) is 27.5 Å². The first-order valence-electron chi connectivity index (χ1n) is 9.18. The number of Topliss-reactive ketones (excluding diaryl/α,β-unsaturated/α-hetero) is 1. The fraction of sp³-hybridized carbons (Fsp3) is 0.273. The van der Waals surface area contributed by atoms with Gasteiger partial charge in [-0.3, -0.25) is 4.79 Å². The molecule has 27 heavy (non-hydrogen) atoms. The van der Waals surface area contributed by atoms with Crippen LogP contribution in [0, 0.1) is 0 Å². The van der Waals surface area contributed by atoms with Gasteiger partial charge in [-0.25, -0.2) is 9.13 Å². The summed E-state index contributed by atoms with van der Waals surface area (Å²) in [5.74, 6) is 1.40. The first kappa shape index (κ1) is 19.8. The molecule has 3 nitrogen and oxygen atoms in total. The fourth-order valence-corrected chi connectivity index (χ4v) is 3.83. The Kier molecular flexibility index (Phi) is 6.51. The van der Waals surface area contributed by atoms with Crippen molar-refractivity contribution in [3.05, 3.63) is 77.2 Å². The second-order valence-corrected chi connectivity index (χ2v) is 7.25. The molecule has 0 bridgehead atoms. The lowest BCUT2D eigenvalue weighted by Crippen LogP contribution is -3.00. The van der Waals surface area contributed by atoms with Crippen LogP contribution in [0.15, 0.2) is 60.8 Å². The summed E-state index contributed by atoms with van der Waals surface area (Å²) >= 11 is 6.05. The normalized spacial score (nSPS) is 13.4. The number of rotatable bonds is 4. The molecule has 0 amide bonds. The third kappa shape index (κ3) is 4.33. The average Bonchev–Trinajstić information content (AvgIpc) is 2.84. The highest BCUT2D eigenvalue weighted by atomic mass is 79.9. The van der Waals surface area contributed by atoms with Crippen LogP contribution in [-0.4, -0.2) is 10.4 Å². The highest BCUT2D eigenvalue weighted by Crippen LogP contribution is 2.25. The summed E-state index contributed by atoms with van der Waals surface area (Å²) in [6.07, 6.45) is 6.72. The van der Waals surface area contributed by atoms with Crippen LogP contribution in [0.3, 0.4) is 0 Å². The van der Waals surface area contributed by atoms with Crippen molar-refractivity contribution in [1.82, 2.24) is 4.57 Å². The molecule has 0 saturated heterocycles. The molecule has 2 heterocycles. The molecule has 0 aliphatic carbocycles. The van der Waals surface area contributed by atoms with Crippen molar-refractivity contribution in [2.45, 2.75) is 38.8 Å². The Balaban J connectivity index is 0.00000210. The maximum atomic E-state index is 12.7. The van der Waals surface area contributed by atoms with Crippen LogP contribution in [-0.2, 0) is 19.5 Å². The topological polar surface area (TPSA) is 25.9 Å². The second kappa shape index (κ2) is 8.85. The lowest BCUT2D eigenvalue weighted by molar-refractivity contribution is -0.690. The predicted molar refractivity (Wildman–Crippen MR) is 103 cm³/mol. The highest BCUT2D eigenvalue weighted by molar-refractivity contribution is 6.30. The van der Waals surface area contributed by atoms with Gasteiger partial charge in [-0.15, -0.1) is 0 Å². The molecular formula is C22H22BrClN2O. The molecule has 1 aliphatic heterocycles. The number of carbonyl (C=O) groups excluding carboxylic acids is 1. The van der Waals surface area contributed by atoms with E-state index in [9.17, 15) is 4.79 Å². The molecule has 0 fully saturated rings. The van der Waals surface area contributed by atoms with Gasteiger partial charge in [0.1, 0.15) is 6.20 Å². The Morgan fingerprint density at radius 3 is 2.48 bits per heavy atom. The first-order valence-corrected chi connectivity index (χ1v) is 9.56. The molecule has 5 heteroatoms. The van der Waals surface area contributed by atoms with Gasteiger partial charge in [-0.2, -0.15) is 0 Å². The van der Waals surface area contributed by atoms with E-state index in [1.807, 2.05) is 42.5 Å². The van der Waals surface area contributed by atoms with Gasteiger partial charge >= 0.3 is 0 Å². The monoisotopic (exact) mass is 444 g/mol. The van der Waals surface area contributed by atoms with Gasteiger partial charge in [-0.1, -0.05) is 41.9 Å². The Hall–Kier alpha value is -1.91. The van der Waals surface area contributed by atoms with E-state index in [1.54, 1.807) is 0 Å². The van der Waals surface area contributed by atoms with Gasteiger partial charge in [0.2, 0.25) is 5.78 Å². The van der Waals surface area contributed by atoms with Crippen molar-refractivity contribution in [3.8, 4) is 11.3 Å². The zero-order valence-corrected chi connectivity index (χ0v) is 17.4. The molecule has 3 aromatic rings. The summed E-state index contributed by atoms with van der Waals surface area (Å²) in [5, 5.41) is 0.739. The molecule has 2 aromatic carbocycles. The van der Waals surface area contributed by atoms with Gasteiger partial charge < -0.3 is 17.0 Å². The number of nitrogens with zero attached hydrogens (tertiary/aromatic N) is 2. The van der Waals surface area contributed by atoms with Crippen LogP contribution in [0.25, 0.3) is 11.3 Å². The SMILES string of the molecule is O=C(C[n+]1cc(-c2ccc(Cl)cc2)n2c1CCCCC2)c1ccccc1.[Br-]. The smallest absolute Gasteiger partial charge is 0.257 e. The van der Waals surface area contributed by atoms with E-state index in [0.29, 0.717) is 6.54 Å². The van der Waals surface area contributed by atoms with Gasteiger partial charge in [0.15, 0.2) is 12.2 Å².